The zero-order chi connectivity index (χ0) is 14.5. The maximum absolute atomic E-state index is 12.3. The lowest BCUT2D eigenvalue weighted by Gasteiger charge is -2.38. The van der Waals surface area contributed by atoms with Gasteiger partial charge in [0.15, 0.2) is 0 Å². The summed E-state index contributed by atoms with van der Waals surface area (Å²) in [5.74, 6) is 0.360. The largest absolute Gasteiger partial charge is 0.481 e. The molecule has 2 aliphatic rings. The van der Waals surface area contributed by atoms with E-state index >= 15 is 0 Å². The van der Waals surface area contributed by atoms with Gasteiger partial charge in [0, 0.05) is 68.1 Å². The molecule has 8 heteroatoms. The Labute approximate surface area is 121 Å². The van der Waals surface area contributed by atoms with Crippen molar-refractivity contribution in [1.29, 1.82) is 0 Å². The van der Waals surface area contributed by atoms with Crippen LogP contribution in [0.1, 0.15) is 6.42 Å². The minimum absolute atomic E-state index is 0.0274. The molecule has 0 saturated carbocycles. The molecule has 7 nitrogen and oxygen atoms in total. The van der Waals surface area contributed by atoms with Crippen LogP contribution in [0, 0.1) is 0 Å². The van der Waals surface area contributed by atoms with Crippen molar-refractivity contribution >= 4 is 22.8 Å². The summed E-state index contributed by atoms with van der Waals surface area (Å²) in [5, 5.41) is 8.65. The van der Waals surface area contributed by atoms with Crippen molar-refractivity contribution in [2.75, 3.05) is 57.3 Å². The number of carbonyl (C=O) groups excluding carboxylic acids is 1. The number of carbonyl (C=O) groups is 2. The normalized spacial score (nSPS) is 22.0. The Balaban J connectivity index is 1.74. The molecule has 2 amide bonds. The third kappa shape index (κ3) is 4.17. The molecule has 0 unspecified atom stereocenters. The van der Waals surface area contributed by atoms with Gasteiger partial charge in [-0.15, -0.1) is 0 Å². The van der Waals surface area contributed by atoms with Crippen molar-refractivity contribution in [2.24, 2.45) is 0 Å². The fraction of sp³-hybridized carbons (Fsp3) is 0.833. The summed E-state index contributed by atoms with van der Waals surface area (Å²) in [6, 6.07) is 0.0274. The SMILES string of the molecule is O=C(O)CCN1CCN(C(=O)N2CCS(=O)CC2)CC1. The molecule has 0 radical (unpaired) electrons. The molecule has 2 fully saturated rings. The van der Waals surface area contributed by atoms with Crippen LogP contribution < -0.4 is 0 Å². The second kappa shape index (κ2) is 7.03. The van der Waals surface area contributed by atoms with Crippen LogP contribution in [0.2, 0.25) is 0 Å². The van der Waals surface area contributed by atoms with E-state index in [1.54, 1.807) is 4.90 Å². The van der Waals surface area contributed by atoms with Gasteiger partial charge in [0.2, 0.25) is 0 Å². The van der Waals surface area contributed by atoms with Crippen molar-refractivity contribution in [3.63, 3.8) is 0 Å². The third-order valence-electron chi connectivity index (χ3n) is 3.73. The molecule has 2 rings (SSSR count). The average Bonchev–Trinajstić information content (AvgIpc) is 2.46. The smallest absolute Gasteiger partial charge is 0.320 e. The molecular formula is C12H21N3O4S. The monoisotopic (exact) mass is 303 g/mol. The number of hydrogen-bond donors (Lipinski definition) is 1. The number of carboxylic acids is 1. The molecule has 1 N–H and O–H groups in total. The second-order valence-electron chi connectivity index (χ2n) is 5.09. The number of aliphatic carboxylic acids is 1. The van der Waals surface area contributed by atoms with Crippen molar-refractivity contribution < 1.29 is 18.9 Å². The van der Waals surface area contributed by atoms with Gasteiger partial charge in [-0.05, 0) is 0 Å². The van der Waals surface area contributed by atoms with Gasteiger partial charge in [-0.25, -0.2) is 4.79 Å². The molecule has 0 bridgehead atoms. The van der Waals surface area contributed by atoms with E-state index < -0.39 is 16.8 Å². The summed E-state index contributed by atoms with van der Waals surface area (Å²) >= 11 is 0. The third-order valence-corrected chi connectivity index (χ3v) is 5.01. The number of urea groups is 1. The average molecular weight is 303 g/mol. The Morgan fingerprint density at radius 2 is 1.50 bits per heavy atom. The summed E-state index contributed by atoms with van der Waals surface area (Å²) < 4.78 is 11.3. The van der Waals surface area contributed by atoms with Crippen LogP contribution in [0.5, 0.6) is 0 Å². The molecule has 20 heavy (non-hydrogen) atoms. The lowest BCUT2D eigenvalue weighted by atomic mass is 10.3. The lowest BCUT2D eigenvalue weighted by Crippen LogP contribution is -2.55. The van der Waals surface area contributed by atoms with Crippen molar-refractivity contribution in [1.82, 2.24) is 14.7 Å². The summed E-state index contributed by atoms with van der Waals surface area (Å²) in [4.78, 5) is 28.5. The molecule has 114 valence electrons. The highest BCUT2D eigenvalue weighted by molar-refractivity contribution is 7.85. The van der Waals surface area contributed by atoms with Gasteiger partial charge in [0.05, 0.1) is 6.42 Å². The van der Waals surface area contributed by atoms with Crippen molar-refractivity contribution in [2.45, 2.75) is 6.42 Å². The van der Waals surface area contributed by atoms with Crippen LogP contribution in [-0.4, -0.2) is 93.3 Å². The maximum Gasteiger partial charge on any atom is 0.320 e. The van der Waals surface area contributed by atoms with Crippen LogP contribution in [0.3, 0.4) is 0 Å². The fourth-order valence-corrected chi connectivity index (χ4v) is 3.50. The number of carboxylic acid groups (broad SMARTS) is 1. The molecule has 0 aliphatic carbocycles. The molecule has 2 aliphatic heterocycles. The molecule has 0 spiro atoms. The predicted octanol–water partition coefficient (Wildman–Crippen LogP) is -0.737. The van der Waals surface area contributed by atoms with Gasteiger partial charge in [0.1, 0.15) is 0 Å². The minimum atomic E-state index is -0.787. The molecule has 0 atom stereocenters. The van der Waals surface area contributed by atoms with E-state index in [1.807, 2.05) is 4.90 Å². The van der Waals surface area contributed by atoms with Gasteiger partial charge < -0.3 is 14.9 Å². The summed E-state index contributed by atoms with van der Waals surface area (Å²) in [5.41, 5.74) is 0. The summed E-state index contributed by atoms with van der Waals surface area (Å²) in [7, 11) is -0.772. The Morgan fingerprint density at radius 1 is 0.950 bits per heavy atom. The van der Waals surface area contributed by atoms with Gasteiger partial charge in [-0.2, -0.15) is 0 Å². The topological polar surface area (TPSA) is 81.2 Å². The van der Waals surface area contributed by atoms with Crippen LogP contribution >= 0.6 is 0 Å². The minimum Gasteiger partial charge on any atom is -0.481 e. The van der Waals surface area contributed by atoms with E-state index in [1.165, 1.54) is 0 Å². The van der Waals surface area contributed by atoms with Crippen LogP contribution in [-0.2, 0) is 15.6 Å². The first-order valence-electron chi connectivity index (χ1n) is 6.89. The van der Waals surface area contributed by atoms with Crippen LogP contribution in [0.15, 0.2) is 0 Å². The summed E-state index contributed by atoms with van der Waals surface area (Å²) in [6.07, 6.45) is 0.145. The number of nitrogens with zero attached hydrogens (tertiary/aromatic N) is 3. The van der Waals surface area contributed by atoms with Gasteiger partial charge in [-0.3, -0.25) is 13.9 Å². The van der Waals surface area contributed by atoms with E-state index in [0.29, 0.717) is 44.2 Å². The molecule has 2 heterocycles. The zero-order valence-corrected chi connectivity index (χ0v) is 12.3. The highest BCUT2D eigenvalue weighted by Crippen LogP contribution is 2.09. The Kier molecular flexibility index (Phi) is 5.36. The fourth-order valence-electron chi connectivity index (χ4n) is 2.45. The maximum atomic E-state index is 12.3. The Morgan fingerprint density at radius 3 is 2.05 bits per heavy atom. The number of rotatable bonds is 3. The zero-order valence-electron chi connectivity index (χ0n) is 11.5. The van der Waals surface area contributed by atoms with Crippen LogP contribution in [0.25, 0.3) is 0 Å². The quantitative estimate of drug-likeness (QED) is 0.743. The molecule has 0 aromatic carbocycles. The lowest BCUT2D eigenvalue weighted by molar-refractivity contribution is -0.137. The summed E-state index contributed by atoms with van der Waals surface area (Å²) in [6.45, 7) is 4.41. The predicted molar refractivity (Wildman–Crippen MR) is 75.1 cm³/mol. The van der Waals surface area contributed by atoms with Gasteiger partial charge in [-0.1, -0.05) is 0 Å². The van der Waals surface area contributed by atoms with Gasteiger partial charge in [0.25, 0.3) is 0 Å². The highest BCUT2D eigenvalue weighted by atomic mass is 32.2. The highest BCUT2D eigenvalue weighted by Gasteiger charge is 2.27. The molecular weight excluding hydrogens is 282 g/mol. The molecule has 0 aromatic rings. The number of piperazine rings is 1. The number of amides is 2. The Hall–Kier alpha value is -1.15. The molecule has 2 saturated heterocycles. The first kappa shape index (κ1) is 15.2. The van der Waals surface area contributed by atoms with Crippen molar-refractivity contribution in [3.8, 4) is 0 Å². The van der Waals surface area contributed by atoms with E-state index in [9.17, 15) is 13.8 Å². The van der Waals surface area contributed by atoms with E-state index in [-0.39, 0.29) is 12.5 Å². The van der Waals surface area contributed by atoms with E-state index in [4.69, 9.17) is 5.11 Å². The molecule has 0 aromatic heterocycles. The first-order valence-corrected chi connectivity index (χ1v) is 8.38. The first-order chi connectivity index (χ1) is 9.56. The van der Waals surface area contributed by atoms with E-state index in [2.05, 4.69) is 4.90 Å². The van der Waals surface area contributed by atoms with Gasteiger partial charge >= 0.3 is 12.0 Å². The Bertz CT molecular complexity index is 386. The van der Waals surface area contributed by atoms with Crippen molar-refractivity contribution in [3.05, 3.63) is 0 Å². The second-order valence-corrected chi connectivity index (χ2v) is 6.79. The number of hydrogen-bond acceptors (Lipinski definition) is 4. The van der Waals surface area contributed by atoms with Crippen LogP contribution in [0.4, 0.5) is 4.79 Å². The standard InChI is InChI=1S/C12H21N3O4S/c16-11(17)1-2-13-3-5-14(6-4-13)12(18)15-7-9-20(19)10-8-15/h1-10H2,(H,16,17). The van der Waals surface area contributed by atoms with E-state index in [0.717, 1.165) is 13.1 Å².